The fraction of sp³-hybridized carbons (Fsp3) is 0.350. The first kappa shape index (κ1) is 21.4. The van der Waals surface area contributed by atoms with E-state index in [1.54, 1.807) is 11.8 Å². The van der Waals surface area contributed by atoms with Gasteiger partial charge in [-0.2, -0.15) is 0 Å². The van der Waals surface area contributed by atoms with E-state index in [1.807, 2.05) is 0 Å². The molecule has 0 radical (unpaired) electrons. The van der Waals surface area contributed by atoms with Crippen molar-refractivity contribution in [1.29, 1.82) is 0 Å². The molecule has 2 aromatic rings. The van der Waals surface area contributed by atoms with Crippen LogP contribution in [0.5, 0.6) is 0 Å². The SMILES string of the molecule is CCOC(=O)c1c(NC(=O)c2cccc([N+](=O)[O-])c2C)sc2c1CCN(C(C)=O)C2. The zero-order valence-corrected chi connectivity index (χ0v) is 17.6. The van der Waals surface area contributed by atoms with Crippen LogP contribution in [0, 0.1) is 17.0 Å². The number of anilines is 1. The highest BCUT2D eigenvalue weighted by Crippen LogP contribution is 2.38. The number of nitrogens with one attached hydrogen (secondary N) is 1. The Balaban J connectivity index is 1.99. The van der Waals surface area contributed by atoms with Crippen LogP contribution in [-0.4, -0.2) is 40.8 Å². The summed E-state index contributed by atoms with van der Waals surface area (Å²) in [5, 5.41) is 14.2. The number of hydrogen-bond acceptors (Lipinski definition) is 7. The lowest BCUT2D eigenvalue weighted by Crippen LogP contribution is -2.34. The molecule has 0 atom stereocenters. The van der Waals surface area contributed by atoms with Crippen LogP contribution in [0.15, 0.2) is 18.2 Å². The van der Waals surface area contributed by atoms with Gasteiger partial charge in [0.05, 0.1) is 23.6 Å². The third kappa shape index (κ3) is 4.04. The van der Waals surface area contributed by atoms with E-state index in [0.29, 0.717) is 24.5 Å². The number of benzene rings is 1. The summed E-state index contributed by atoms with van der Waals surface area (Å²) >= 11 is 1.22. The Hall–Kier alpha value is -3.27. The molecule has 0 aliphatic carbocycles. The van der Waals surface area contributed by atoms with Crippen molar-refractivity contribution in [2.45, 2.75) is 33.7 Å². The molecule has 158 valence electrons. The van der Waals surface area contributed by atoms with E-state index in [4.69, 9.17) is 4.74 Å². The van der Waals surface area contributed by atoms with Gasteiger partial charge in [0, 0.05) is 35.5 Å². The number of hydrogen-bond donors (Lipinski definition) is 1. The Kier molecular flexibility index (Phi) is 6.16. The molecule has 9 nitrogen and oxygen atoms in total. The highest BCUT2D eigenvalue weighted by atomic mass is 32.1. The first-order valence-electron chi connectivity index (χ1n) is 9.37. The van der Waals surface area contributed by atoms with Crippen LogP contribution >= 0.6 is 11.3 Å². The largest absolute Gasteiger partial charge is 0.462 e. The Labute approximate surface area is 176 Å². The number of nitro benzene ring substituents is 1. The monoisotopic (exact) mass is 431 g/mol. The summed E-state index contributed by atoms with van der Waals surface area (Å²) in [4.78, 5) is 50.3. The summed E-state index contributed by atoms with van der Waals surface area (Å²) in [7, 11) is 0. The topological polar surface area (TPSA) is 119 Å². The van der Waals surface area contributed by atoms with Gasteiger partial charge >= 0.3 is 5.97 Å². The predicted octanol–water partition coefficient (Wildman–Crippen LogP) is 3.30. The molecule has 3 rings (SSSR count). The summed E-state index contributed by atoms with van der Waals surface area (Å²) in [6, 6.07) is 4.26. The minimum atomic E-state index is -0.552. The average molecular weight is 431 g/mol. The third-order valence-corrected chi connectivity index (χ3v) is 6.09. The number of carbonyl (C=O) groups is 3. The van der Waals surface area contributed by atoms with Crippen LogP contribution in [0.1, 0.15) is 50.6 Å². The Morgan fingerprint density at radius 3 is 2.70 bits per heavy atom. The summed E-state index contributed by atoms with van der Waals surface area (Å²) in [5.74, 6) is -1.16. The van der Waals surface area contributed by atoms with Gasteiger partial charge in [0.1, 0.15) is 5.00 Å². The molecule has 30 heavy (non-hydrogen) atoms. The molecule has 0 bridgehead atoms. The van der Waals surface area contributed by atoms with Crippen molar-refractivity contribution < 1.29 is 24.0 Å². The van der Waals surface area contributed by atoms with E-state index in [-0.39, 0.29) is 34.9 Å². The molecule has 0 saturated heterocycles. The first-order chi connectivity index (χ1) is 14.2. The number of thiophene rings is 1. The van der Waals surface area contributed by atoms with Gasteiger partial charge < -0.3 is 15.0 Å². The second-order valence-electron chi connectivity index (χ2n) is 6.78. The second kappa shape index (κ2) is 8.62. The molecule has 0 spiro atoms. The number of nitrogens with zero attached hydrogens (tertiary/aromatic N) is 2. The summed E-state index contributed by atoms with van der Waals surface area (Å²) in [6.07, 6.45) is 0.477. The average Bonchev–Trinajstić information content (AvgIpc) is 3.04. The molecular formula is C20H21N3O6S. The van der Waals surface area contributed by atoms with E-state index in [0.717, 1.165) is 10.4 Å². The normalized spacial score (nSPS) is 12.8. The Morgan fingerprint density at radius 2 is 2.07 bits per heavy atom. The van der Waals surface area contributed by atoms with Crippen LogP contribution in [0.4, 0.5) is 10.7 Å². The standard InChI is InChI=1S/C20H21N3O6S/c1-4-29-20(26)17-14-8-9-22(12(3)24)10-16(14)30-19(17)21-18(25)13-6-5-7-15(11(13)2)23(27)28/h5-7H,4,8-10H2,1-3H3,(H,21,25). The third-order valence-electron chi connectivity index (χ3n) is 4.96. The van der Waals surface area contributed by atoms with Crippen molar-refractivity contribution in [2.75, 3.05) is 18.5 Å². The highest BCUT2D eigenvalue weighted by Gasteiger charge is 2.30. The number of ether oxygens (including phenoxy) is 1. The maximum atomic E-state index is 12.9. The molecule has 1 aliphatic rings. The van der Waals surface area contributed by atoms with E-state index >= 15 is 0 Å². The van der Waals surface area contributed by atoms with Crippen molar-refractivity contribution >= 4 is 39.8 Å². The molecule has 2 heterocycles. The lowest BCUT2D eigenvalue weighted by atomic mass is 10.0. The number of fused-ring (bicyclic) bond motifs is 1. The van der Waals surface area contributed by atoms with Crippen molar-refractivity contribution in [2.24, 2.45) is 0 Å². The fourth-order valence-corrected chi connectivity index (χ4v) is 4.66. The zero-order chi connectivity index (χ0) is 22.0. The van der Waals surface area contributed by atoms with Gasteiger partial charge in [0.2, 0.25) is 5.91 Å². The molecule has 0 unspecified atom stereocenters. The fourth-order valence-electron chi connectivity index (χ4n) is 3.42. The number of carbonyl (C=O) groups excluding carboxylic acids is 3. The molecule has 10 heteroatoms. The van der Waals surface area contributed by atoms with Crippen molar-refractivity contribution in [3.63, 3.8) is 0 Å². The Bertz CT molecular complexity index is 1050. The number of amides is 2. The van der Waals surface area contributed by atoms with Crippen LogP contribution in [0.2, 0.25) is 0 Å². The lowest BCUT2D eigenvalue weighted by molar-refractivity contribution is -0.385. The number of esters is 1. The van der Waals surface area contributed by atoms with E-state index in [9.17, 15) is 24.5 Å². The van der Waals surface area contributed by atoms with Crippen molar-refractivity contribution in [3.8, 4) is 0 Å². The van der Waals surface area contributed by atoms with Gasteiger partial charge in [-0.1, -0.05) is 6.07 Å². The first-order valence-corrected chi connectivity index (χ1v) is 10.2. The maximum absolute atomic E-state index is 12.9. The smallest absolute Gasteiger partial charge is 0.341 e. The Morgan fingerprint density at radius 1 is 1.33 bits per heavy atom. The molecule has 1 aliphatic heterocycles. The molecule has 2 amide bonds. The van der Waals surface area contributed by atoms with Crippen LogP contribution < -0.4 is 5.32 Å². The molecule has 1 aromatic carbocycles. The lowest BCUT2D eigenvalue weighted by Gasteiger charge is -2.25. The molecule has 1 N–H and O–H groups in total. The van der Waals surface area contributed by atoms with Crippen molar-refractivity contribution in [3.05, 3.63) is 55.4 Å². The van der Waals surface area contributed by atoms with Gasteiger partial charge in [0.25, 0.3) is 11.6 Å². The quantitative estimate of drug-likeness (QED) is 0.441. The maximum Gasteiger partial charge on any atom is 0.341 e. The molecule has 1 aromatic heterocycles. The predicted molar refractivity (Wildman–Crippen MR) is 111 cm³/mol. The van der Waals surface area contributed by atoms with E-state index in [1.165, 1.54) is 43.4 Å². The second-order valence-corrected chi connectivity index (χ2v) is 7.89. The van der Waals surface area contributed by atoms with Gasteiger partial charge in [0.15, 0.2) is 0 Å². The van der Waals surface area contributed by atoms with Gasteiger partial charge in [-0.05, 0) is 31.9 Å². The summed E-state index contributed by atoms with van der Waals surface area (Å²) < 4.78 is 5.18. The van der Waals surface area contributed by atoms with Crippen LogP contribution in [-0.2, 0) is 22.5 Å². The minimum absolute atomic E-state index is 0.0652. The van der Waals surface area contributed by atoms with Gasteiger partial charge in [-0.15, -0.1) is 11.3 Å². The summed E-state index contributed by atoms with van der Waals surface area (Å²) in [6.45, 7) is 5.69. The highest BCUT2D eigenvalue weighted by molar-refractivity contribution is 7.17. The van der Waals surface area contributed by atoms with Crippen LogP contribution in [0.25, 0.3) is 0 Å². The van der Waals surface area contributed by atoms with Gasteiger partial charge in [-0.3, -0.25) is 19.7 Å². The minimum Gasteiger partial charge on any atom is -0.462 e. The molecular weight excluding hydrogens is 410 g/mol. The van der Waals surface area contributed by atoms with E-state index < -0.39 is 16.8 Å². The number of nitro groups is 1. The number of rotatable bonds is 5. The van der Waals surface area contributed by atoms with E-state index in [2.05, 4.69) is 5.32 Å². The van der Waals surface area contributed by atoms with Gasteiger partial charge in [-0.25, -0.2) is 4.79 Å². The zero-order valence-electron chi connectivity index (χ0n) is 16.8. The molecule has 0 saturated carbocycles. The summed E-state index contributed by atoms with van der Waals surface area (Å²) in [5.41, 5.74) is 1.28. The van der Waals surface area contributed by atoms with Crippen molar-refractivity contribution in [1.82, 2.24) is 4.90 Å². The van der Waals surface area contributed by atoms with Crippen LogP contribution in [0.3, 0.4) is 0 Å². The molecule has 0 fully saturated rings.